The lowest BCUT2D eigenvalue weighted by Crippen LogP contribution is -2.29. The van der Waals surface area contributed by atoms with Crippen LogP contribution in [0, 0.1) is 0 Å². The highest BCUT2D eigenvalue weighted by atomic mass is 32.2. The Morgan fingerprint density at radius 2 is 1.93 bits per heavy atom. The zero-order valence-electron chi connectivity index (χ0n) is 14.9. The summed E-state index contributed by atoms with van der Waals surface area (Å²) in [6, 6.07) is 13.6. The van der Waals surface area contributed by atoms with Crippen molar-refractivity contribution in [1.82, 2.24) is 15.3 Å². The average molecular weight is 411 g/mol. The number of para-hydroxylation sites is 1. The van der Waals surface area contributed by atoms with Gasteiger partial charge in [-0.2, -0.15) is 0 Å². The highest BCUT2D eigenvalue weighted by Gasteiger charge is 2.20. The van der Waals surface area contributed by atoms with Crippen LogP contribution in [0.5, 0.6) is 0 Å². The third-order valence-corrected chi connectivity index (χ3v) is 6.18. The molecule has 3 heterocycles. The quantitative estimate of drug-likeness (QED) is 0.331. The Balaban J connectivity index is 1.44. The van der Waals surface area contributed by atoms with Crippen molar-refractivity contribution < 1.29 is 9.21 Å². The Bertz CT molecular complexity index is 1050. The van der Waals surface area contributed by atoms with Crippen LogP contribution in [0.15, 0.2) is 68.9 Å². The molecule has 28 heavy (non-hydrogen) atoms. The first-order valence-electron chi connectivity index (χ1n) is 8.77. The highest BCUT2D eigenvalue weighted by Crippen LogP contribution is 2.33. The summed E-state index contributed by atoms with van der Waals surface area (Å²) in [4.78, 5) is 20.9. The number of aromatic nitrogens is 2. The highest BCUT2D eigenvalue weighted by molar-refractivity contribution is 8.00. The van der Waals surface area contributed by atoms with Gasteiger partial charge in [-0.15, -0.1) is 23.1 Å². The van der Waals surface area contributed by atoms with Gasteiger partial charge in [0.05, 0.1) is 4.21 Å². The molecule has 0 aliphatic carbocycles. The number of benzene rings is 1. The average Bonchev–Trinajstić information content (AvgIpc) is 3.38. The smallest absolute Gasteiger partial charge is 0.287 e. The SMILES string of the molecule is O=C(NCCNc1ncccn1)c1oc2ccccc2c1CSc1cccs1. The Kier molecular flexibility index (Phi) is 5.89. The summed E-state index contributed by atoms with van der Waals surface area (Å²) in [5.41, 5.74) is 1.65. The molecule has 0 fully saturated rings. The number of carbonyl (C=O) groups is 1. The maximum Gasteiger partial charge on any atom is 0.287 e. The zero-order valence-corrected chi connectivity index (χ0v) is 16.6. The molecule has 0 aliphatic rings. The van der Waals surface area contributed by atoms with Gasteiger partial charge >= 0.3 is 0 Å². The van der Waals surface area contributed by atoms with Gasteiger partial charge in [0.2, 0.25) is 5.95 Å². The molecule has 0 saturated carbocycles. The van der Waals surface area contributed by atoms with E-state index in [4.69, 9.17) is 4.42 Å². The number of rotatable bonds is 8. The lowest BCUT2D eigenvalue weighted by molar-refractivity contribution is 0.0928. The summed E-state index contributed by atoms with van der Waals surface area (Å²) in [5, 5.41) is 9.00. The van der Waals surface area contributed by atoms with Crippen molar-refractivity contribution in [3.05, 3.63) is 71.6 Å². The third-order valence-electron chi connectivity index (χ3n) is 4.02. The molecule has 4 rings (SSSR count). The van der Waals surface area contributed by atoms with Crippen LogP contribution in [0.4, 0.5) is 5.95 Å². The topological polar surface area (TPSA) is 80.0 Å². The van der Waals surface area contributed by atoms with E-state index in [1.807, 2.05) is 35.7 Å². The summed E-state index contributed by atoms with van der Waals surface area (Å²) >= 11 is 3.40. The number of amides is 1. The number of hydrogen-bond donors (Lipinski definition) is 2. The first-order chi connectivity index (χ1) is 13.8. The van der Waals surface area contributed by atoms with Crippen molar-refractivity contribution in [3.8, 4) is 0 Å². The Morgan fingerprint density at radius 1 is 1.07 bits per heavy atom. The van der Waals surface area contributed by atoms with Gasteiger partial charge in [-0.1, -0.05) is 24.3 Å². The van der Waals surface area contributed by atoms with E-state index >= 15 is 0 Å². The molecule has 0 spiro atoms. The van der Waals surface area contributed by atoms with Crippen LogP contribution in [-0.2, 0) is 5.75 Å². The van der Waals surface area contributed by atoms with E-state index in [0.717, 1.165) is 16.5 Å². The molecule has 0 atom stereocenters. The van der Waals surface area contributed by atoms with Gasteiger partial charge in [-0.05, 0) is 23.6 Å². The molecule has 0 radical (unpaired) electrons. The van der Waals surface area contributed by atoms with Gasteiger partial charge in [0.15, 0.2) is 5.76 Å². The normalized spacial score (nSPS) is 10.9. The zero-order chi connectivity index (χ0) is 19.2. The molecule has 0 bridgehead atoms. The fraction of sp³-hybridized carbons (Fsp3) is 0.150. The number of hydrogen-bond acceptors (Lipinski definition) is 7. The van der Waals surface area contributed by atoms with E-state index in [2.05, 4.69) is 26.7 Å². The van der Waals surface area contributed by atoms with Crippen LogP contribution in [0.3, 0.4) is 0 Å². The third kappa shape index (κ3) is 4.35. The minimum atomic E-state index is -0.214. The van der Waals surface area contributed by atoms with Crippen LogP contribution in [0.1, 0.15) is 16.1 Å². The first kappa shape index (κ1) is 18.5. The summed E-state index contributed by atoms with van der Waals surface area (Å²) in [7, 11) is 0. The van der Waals surface area contributed by atoms with E-state index in [0.29, 0.717) is 30.6 Å². The van der Waals surface area contributed by atoms with E-state index in [9.17, 15) is 4.79 Å². The molecule has 142 valence electrons. The summed E-state index contributed by atoms with van der Waals surface area (Å²) in [5.74, 6) is 1.37. The van der Waals surface area contributed by atoms with Crippen molar-refractivity contribution in [2.45, 2.75) is 9.96 Å². The standard InChI is InChI=1S/C20H18N4O2S2/c25-19(21-10-11-24-20-22-8-4-9-23-20)18-15(13-28-17-7-3-12-27-17)14-5-1-2-6-16(14)26-18/h1-9,12H,10-11,13H2,(H,21,25)(H,22,23,24). The van der Waals surface area contributed by atoms with Gasteiger partial charge < -0.3 is 15.1 Å². The second-order valence-electron chi connectivity index (χ2n) is 5.88. The van der Waals surface area contributed by atoms with E-state index in [1.54, 1.807) is 41.6 Å². The van der Waals surface area contributed by atoms with E-state index in [1.165, 1.54) is 4.21 Å². The molecule has 4 aromatic rings. The maximum atomic E-state index is 12.7. The molecular formula is C20H18N4O2S2. The molecule has 0 saturated heterocycles. The van der Waals surface area contributed by atoms with E-state index < -0.39 is 0 Å². The van der Waals surface area contributed by atoms with Crippen molar-refractivity contribution >= 4 is 45.9 Å². The Hall–Kier alpha value is -2.84. The van der Waals surface area contributed by atoms with Crippen LogP contribution < -0.4 is 10.6 Å². The fourth-order valence-corrected chi connectivity index (χ4v) is 4.55. The van der Waals surface area contributed by atoms with Crippen LogP contribution in [0.2, 0.25) is 0 Å². The molecule has 1 amide bonds. The lowest BCUT2D eigenvalue weighted by Gasteiger charge is -2.06. The van der Waals surface area contributed by atoms with Gasteiger partial charge in [0.25, 0.3) is 5.91 Å². The first-order valence-corrected chi connectivity index (χ1v) is 10.6. The number of nitrogens with one attached hydrogen (secondary N) is 2. The predicted molar refractivity (Wildman–Crippen MR) is 113 cm³/mol. The van der Waals surface area contributed by atoms with Crippen molar-refractivity contribution in [2.24, 2.45) is 0 Å². The molecule has 1 aromatic carbocycles. The van der Waals surface area contributed by atoms with Gasteiger partial charge in [-0.3, -0.25) is 4.79 Å². The molecular weight excluding hydrogens is 392 g/mol. The summed E-state index contributed by atoms with van der Waals surface area (Å²) in [6.07, 6.45) is 3.33. The molecule has 3 aromatic heterocycles. The summed E-state index contributed by atoms with van der Waals surface area (Å²) in [6.45, 7) is 0.959. The van der Waals surface area contributed by atoms with Crippen LogP contribution >= 0.6 is 23.1 Å². The molecule has 6 nitrogen and oxygen atoms in total. The molecule has 2 N–H and O–H groups in total. The number of carbonyl (C=O) groups excluding carboxylic acids is 1. The summed E-state index contributed by atoms with van der Waals surface area (Å²) < 4.78 is 7.09. The second kappa shape index (κ2) is 8.90. The lowest BCUT2D eigenvalue weighted by atomic mass is 10.1. The predicted octanol–water partition coefficient (Wildman–Crippen LogP) is 4.42. The fourth-order valence-electron chi connectivity index (χ4n) is 2.74. The molecule has 0 aliphatic heterocycles. The number of fused-ring (bicyclic) bond motifs is 1. The van der Waals surface area contributed by atoms with Crippen molar-refractivity contribution in [2.75, 3.05) is 18.4 Å². The number of anilines is 1. The Labute approximate surface area is 170 Å². The van der Waals surface area contributed by atoms with E-state index in [-0.39, 0.29) is 5.91 Å². The minimum absolute atomic E-state index is 0.214. The maximum absolute atomic E-state index is 12.7. The largest absolute Gasteiger partial charge is 0.451 e. The van der Waals surface area contributed by atoms with Gasteiger partial charge in [0, 0.05) is 42.2 Å². The van der Waals surface area contributed by atoms with Crippen LogP contribution in [0.25, 0.3) is 11.0 Å². The minimum Gasteiger partial charge on any atom is -0.451 e. The number of thioether (sulfide) groups is 1. The Morgan fingerprint density at radius 3 is 2.75 bits per heavy atom. The second-order valence-corrected chi connectivity index (χ2v) is 8.11. The molecule has 0 unspecified atom stereocenters. The van der Waals surface area contributed by atoms with Crippen LogP contribution in [-0.4, -0.2) is 29.0 Å². The number of nitrogens with zero attached hydrogens (tertiary/aromatic N) is 2. The number of furan rings is 1. The van der Waals surface area contributed by atoms with Gasteiger partial charge in [0.1, 0.15) is 5.58 Å². The number of thiophene rings is 1. The monoisotopic (exact) mass is 410 g/mol. The van der Waals surface area contributed by atoms with Gasteiger partial charge in [-0.25, -0.2) is 9.97 Å². The van der Waals surface area contributed by atoms with Crippen molar-refractivity contribution in [1.29, 1.82) is 0 Å². The van der Waals surface area contributed by atoms with Crippen molar-refractivity contribution in [3.63, 3.8) is 0 Å². The molecule has 8 heteroatoms.